The van der Waals surface area contributed by atoms with Crippen molar-refractivity contribution in [2.24, 2.45) is 0 Å². The van der Waals surface area contributed by atoms with Crippen LogP contribution in [0.2, 0.25) is 0 Å². The Labute approximate surface area is 98.3 Å². The Balaban J connectivity index is 2.51. The van der Waals surface area contributed by atoms with Crippen LogP contribution in [0.25, 0.3) is 0 Å². The number of esters is 1. The number of likely N-dealkylation sites (tertiary alicyclic amines) is 1. The average molecular weight is 228 g/mol. The van der Waals surface area contributed by atoms with Crippen molar-refractivity contribution in [3.63, 3.8) is 0 Å². The fraction of sp³-hybridized carbons (Fsp3) is 0.917. The zero-order chi connectivity index (χ0) is 12.0. The molecule has 0 amide bonds. The SMILES string of the molecule is CNC(CN1CCCCCC1C)C(=O)OC. The topological polar surface area (TPSA) is 41.6 Å². The van der Waals surface area contributed by atoms with Gasteiger partial charge in [0, 0.05) is 12.6 Å². The molecule has 2 unspecified atom stereocenters. The molecule has 2 atom stereocenters. The molecule has 0 aromatic carbocycles. The molecule has 0 radical (unpaired) electrons. The number of likely N-dealkylation sites (N-methyl/N-ethyl adjacent to an activating group) is 1. The van der Waals surface area contributed by atoms with Gasteiger partial charge in [-0.05, 0) is 33.4 Å². The van der Waals surface area contributed by atoms with E-state index in [9.17, 15) is 4.79 Å². The Morgan fingerprint density at radius 3 is 2.88 bits per heavy atom. The van der Waals surface area contributed by atoms with E-state index in [2.05, 4.69) is 17.1 Å². The highest BCUT2D eigenvalue weighted by Crippen LogP contribution is 2.16. The number of hydrogen-bond donors (Lipinski definition) is 1. The van der Waals surface area contributed by atoms with Crippen LogP contribution in [0, 0.1) is 0 Å². The third-order valence-corrected chi connectivity index (χ3v) is 3.44. The van der Waals surface area contributed by atoms with Gasteiger partial charge in [-0.25, -0.2) is 0 Å². The number of hydrogen-bond acceptors (Lipinski definition) is 4. The summed E-state index contributed by atoms with van der Waals surface area (Å²) >= 11 is 0. The van der Waals surface area contributed by atoms with Crippen molar-refractivity contribution in [3.8, 4) is 0 Å². The first-order valence-corrected chi connectivity index (χ1v) is 6.18. The third kappa shape index (κ3) is 3.76. The highest BCUT2D eigenvalue weighted by molar-refractivity contribution is 5.75. The number of carbonyl (C=O) groups is 1. The van der Waals surface area contributed by atoms with Crippen LogP contribution < -0.4 is 5.32 Å². The fourth-order valence-electron chi connectivity index (χ4n) is 2.27. The van der Waals surface area contributed by atoms with Crippen molar-refractivity contribution in [2.75, 3.05) is 27.2 Å². The second-order valence-electron chi connectivity index (χ2n) is 4.56. The number of rotatable bonds is 4. The van der Waals surface area contributed by atoms with Gasteiger partial charge in [0.2, 0.25) is 0 Å². The molecule has 1 heterocycles. The summed E-state index contributed by atoms with van der Waals surface area (Å²) in [5, 5.41) is 3.02. The highest BCUT2D eigenvalue weighted by atomic mass is 16.5. The van der Waals surface area contributed by atoms with E-state index >= 15 is 0 Å². The van der Waals surface area contributed by atoms with E-state index in [4.69, 9.17) is 4.74 Å². The van der Waals surface area contributed by atoms with Gasteiger partial charge < -0.3 is 10.1 Å². The average Bonchev–Trinajstić information content (AvgIpc) is 2.50. The molecular formula is C12H24N2O2. The van der Waals surface area contributed by atoms with Crippen LogP contribution in [-0.4, -0.2) is 50.2 Å². The van der Waals surface area contributed by atoms with Gasteiger partial charge in [-0.15, -0.1) is 0 Å². The van der Waals surface area contributed by atoms with Crippen LogP contribution in [0.15, 0.2) is 0 Å². The summed E-state index contributed by atoms with van der Waals surface area (Å²) < 4.78 is 4.78. The minimum atomic E-state index is -0.203. The normalized spacial score (nSPS) is 24.8. The fourth-order valence-corrected chi connectivity index (χ4v) is 2.27. The van der Waals surface area contributed by atoms with Gasteiger partial charge >= 0.3 is 5.97 Å². The molecule has 0 saturated carbocycles. The predicted molar refractivity (Wildman–Crippen MR) is 64.4 cm³/mol. The van der Waals surface area contributed by atoms with Gasteiger partial charge in [0.1, 0.15) is 6.04 Å². The van der Waals surface area contributed by atoms with E-state index in [0.717, 1.165) is 13.1 Å². The van der Waals surface area contributed by atoms with Crippen molar-refractivity contribution in [1.82, 2.24) is 10.2 Å². The van der Waals surface area contributed by atoms with Crippen molar-refractivity contribution >= 4 is 5.97 Å². The zero-order valence-electron chi connectivity index (χ0n) is 10.7. The summed E-state index contributed by atoms with van der Waals surface area (Å²) in [5.41, 5.74) is 0. The van der Waals surface area contributed by atoms with Crippen LogP contribution in [-0.2, 0) is 9.53 Å². The van der Waals surface area contributed by atoms with Crippen LogP contribution in [0.3, 0.4) is 0 Å². The third-order valence-electron chi connectivity index (χ3n) is 3.44. The Hall–Kier alpha value is -0.610. The molecule has 1 aliphatic rings. The van der Waals surface area contributed by atoms with Gasteiger partial charge in [-0.1, -0.05) is 12.8 Å². The smallest absolute Gasteiger partial charge is 0.324 e. The molecular weight excluding hydrogens is 204 g/mol. The minimum Gasteiger partial charge on any atom is -0.468 e. The molecule has 0 bridgehead atoms. The van der Waals surface area contributed by atoms with E-state index in [-0.39, 0.29) is 12.0 Å². The predicted octanol–water partition coefficient (Wildman–Crippen LogP) is 1.01. The molecule has 0 aliphatic carbocycles. The minimum absolute atomic E-state index is 0.168. The van der Waals surface area contributed by atoms with Crippen LogP contribution in [0.5, 0.6) is 0 Å². The number of methoxy groups -OCH3 is 1. The lowest BCUT2D eigenvalue weighted by molar-refractivity contribution is -0.143. The van der Waals surface area contributed by atoms with Crippen molar-refractivity contribution < 1.29 is 9.53 Å². The summed E-state index contributed by atoms with van der Waals surface area (Å²) in [6.07, 6.45) is 5.09. The summed E-state index contributed by atoms with van der Waals surface area (Å²) in [6, 6.07) is 0.369. The van der Waals surface area contributed by atoms with Crippen molar-refractivity contribution in [2.45, 2.75) is 44.7 Å². The lowest BCUT2D eigenvalue weighted by Crippen LogP contribution is -2.47. The maximum Gasteiger partial charge on any atom is 0.324 e. The Kier molecular flexibility index (Phi) is 5.77. The number of carbonyl (C=O) groups excluding carboxylic acids is 1. The van der Waals surface area contributed by atoms with Crippen molar-refractivity contribution in [3.05, 3.63) is 0 Å². The monoisotopic (exact) mass is 228 g/mol. The molecule has 0 aromatic rings. The van der Waals surface area contributed by atoms with Gasteiger partial charge in [0.15, 0.2) is 0 Å². The standard InChI is InChI=1S/C12H24N2O2/c1-10-7-5-4-6-8-14(10)9-11(13-2)12(15)16-3/h10-11,13H,4-9H2,1-3H3. The second-order valence-corrected chi connectivity index (χ2v) is 4.56. The van der Waals surface area contributed by atoms with Crippen LogP contribution in [0.1, 0.15) is 32.6 Å². The van der Waals surface area contributed by atoms with Crippen LogP contribution in [0.4, 0.5) is 0 Å². The van der Waals surface area contributed by atoms with Gasteiger partial charge in [-0.3, -0.25) is 9.69 Å². The molecule has 94 valence electrons. The quantitative estimate of drug-likeness (QED) is 0.729. The maximum absolute atomic E-state index is 11.5. The first kappa shape index (κ1) is 13.5. The Bertz CT molecular complexity index is 221. The molecule has 0 spiro atoms. The van der Waals surface area contributed by atoms with E-state index in [1.54, 1.807) is 0 Å². The lowest BCUT2D eigenvalue weighted by Gasteiger charge is -2.29. The van der Waals surface area contributed by atoms with Crippen LogP contribution >= 0.6 is 0 Å². The molecule has 1 rings (SSSR count). The summed E-state index contributed by atoms with van der Waals surface area (Å²) in [7, 11) is 3.25. The first-order chi connectivity index (χ1) is 7.69. The van der Waals surface area contributed by atoms with Gasteiger partial charge in [0.25, 0.3) is 0 Å². The maximum atomic E-state index is 11.5. The Morgan fingerprint density at radius 1 is 1.50 bits per heavy atom. The zero-order valence-corrected chi connectivity index (χ0v) is 10.7. The molecule has 4 heteroatoms. The number of nitrogens with zero attached hydrogens (tertiary/aromatic N) is 1. The molecule has 0 aromatic heterocycles. The van der Waals surface area contributed by atoms with E-state index < -0.39 is 0 Å². The van der Waals surface area contributed by atoms with E-state index in [1.165, 1.54) is 32.8 Å². The van der Waals surface area contributed by atoms with E-state index in [0.29, 0.717) is 6.04 Å². The van der Waals surface area contributed by atoms with E-state index in [1.807, 2.05) is 7.05 Å². The molecule has 16 heavy (non-hydrogen) atoms. The second kappa shape index (κ2) is 6.86. The van der Waals surface area contributed by atoms with Gasteiger partial charge in [-0.2, -0.15) is 0 Å². The molecule has 1 N–H and O–H groups in total. The highest BCUT2D eigenvalue weighted by Gasteiger charge is 2.24. The molecule has 1 fully saturated rings. The molecule has 4 nitrogen and oxygen atoms in total. The number of ether oxygens (including phenoxy) is 1. The Morgan fingerprint density at radius 2 is 2.25 bits per heavy atom. The first-order valence-electron chi connectivity index (χ1n) is 6.18. The lowest BCUT2D eigenvalue weighted by atomic mass is 10.1. The van der Waals surface area contributed by atoms with Crippen molar-refractivity contribution in [1.29, 1.82) is 0 Å². The largest absolute Gasteiger partial charge is 0.468 e. The molecule has 1 aliphatic heterocycles. The number of nitrogens with one attached hydrogen (secondary N) is 1. The summed E-state index contributed by atoms with van der Waals surface area (Å²) in [5.74, 6) is -0.168. The summed E-state index contributed by atoms with van der Waals surface area (Å²) in [4.78, 5) is 13.9. The molecule has 1 saturated heterocycles. The summed E-state index contributed by atoms with van der Waals surface area (Å²) in [6.45, 7) is 4.09. The van der Waals surface area contributed by atoms with Gasteiger partial charge in [0.05, 0.1) is 7.11 Å².